The molecule has 1 atom stereocenters. The quantitative estimate of drug-likeness (QED) is 0.735. The van der Waals surface area contributed by atoms with Crippen LogP contribution in [-0.2, 0) is 4.74 Å². The van der Waals surface area contributed by atoms with Crippen molar-refractivity contribution in [3.8, 4) is 0 Å². The number of nitrogens with one attached hydrogen (secondary N) is 2. The molecule has 0 radical (unpaired) electrons. The number of alkyl halides is 3. The lowest BCUT2D eigenvalue weighted by molar-refractivity contribution is -0.175. The molecule has 1 aromatic heterocycles. The predicted molar refractivity (Wildman–Crippen MR) is 65.4 cm³/mol. The Bertz CT molecular complexity index is 633. The number of aliphatic hydroxyl groups excluding tert-OH is 1. The highest BCUT2D eigenvalue weighted by Gasteiger charge is 2.27. The zero-order valence-corrected chi connectivity index (χ0v) is 10.3. The van der Waals surface area contributed by atoms with Crippen LogP contribution < -0.4 is 5.69 Å². The number of aliphatic hydroxyl groups is 1. The van der Waals surface area contributed by atoms with Gasteiger partial charge in [0, 0.05) is 13.0 Å². The van der Waals surface area contributed by atoms with Crippen LogP contribution in [0.15, 0.2) is 23.0 Å². The Balaban J connectivity index is 1.93. The minimum absolute atomic E-state index is 0.0379. The minimum Gasteiger partial charge on any atom is -0.388 e. The molecule has 0 spiro atoms. The molecular weight excluding hydrogens is 277 g/mol. The highest BCUT2D eigenvalue weighted by atomic mass is 19.4. The summed E-state index contributed by atoms with van der Waals surface area (Å²) in [5, 5.41) is 9.85. The predicted octanol–water partition coefficient (Wildman–Crippen LogP) is 1.86. The highest BCUT2D eigenvalue weighted by molar-refractivity contribution is 5.75. The van der Waals surface area contributed by atoms with Crippen molar-refractivity contribution in [2.24, 2.45) is 0 Å². The van der Waals surface area contributed by atoms with Crippen LogP contribution in [-0.4, -0.2) is 34.5 Å². The fourth-order valence-corrected chi connectivity index (χ4v) is 1.81. The zero-order valence-electron chi connectivity index (χ0n) is 10.3. The second-order valence-corrected chi connectivity index (χ2v) is 4.36. The van der Waals surface area contributed by atoms with Crippen LogP contribution in [0.4, 0.5) is 13.2 Å². The third-order valence-electron chi connectivity index (χ3n) is 2.73. The van der Waals surface area contributed by atoms with Crippen LogP contribution in [0.25, 0.3) is 11.0 Å². The highest BCUT2D eigenvalue weighted by Crippen LogP contribution is 2.21. The van der Waals surface area contributed by atoms with Gasteiger partial charge in [0.2, 0.25) is 0 Å². The third kappa shape index (κ3) is 3.84. The molecule has 20 heavy (non-hydrogen) atoms. The number of fused-ring (bicyclic) bond motifs is 1. The molecule has 3 N–H and O–H groups in total. The molecular formula is C12H13F3N2O3. The first kappa shape index (κ1) is 14.6. The van der Waals surface area contributed by atoms with Gasteiger partial charge < -0.3 is 19.8 Å². The van der Waals surface area contributed by atoms with E-state index in [0.717, 1.165) is 0 Å². The smallest absolute Gasteiger partial charge is 0.388 e. The Morgan fingerprint density at radius 3 is 2.65 bits per heavy atom. The second-order valence-electron chi connectivity index (χ2n) is 4.36. The molecule has 0 bridgehead atoms. The van der Waals surface area contributed by atoms with Gasteiger partial charge in [-0.3, -0.25) is 0 Å². The molecule has 0 aliphatic carbocycles. The molecule has 0 amide bonds. The molecule has 5 nitrogen and oxygen atoms in total. The maximum Gasteiger partial charge on any atom is 0.411 e. The molecule has 0 fully saturated rings. The first-order valence-corrected chi connectivity index (χ1v) is 5.90. The van der Waals surface area contributed by atoms with Crippen LogP contribution in [0.3, 0.4) is 0 Å². The van der Waals surface area contributed by atoms with E-state index in [1.54, 1.807) is 18.2 Å². The van der Waals surface area contributed by atoms with E-state index < -0.39 is 18.9 Å². The van der Waals surface area contributed by atoms with Crippen LogP contribution in [0.5, 0.6) is 0 Å². The van der Waals surface area contributed by atoms with Crippen molar-refractivity contribution in [1.82, 2.24) is 9.97 Å². The summed E-state index contributed by atoms with van der Waals surface area (Å²) in [7, 11) is 0. The number of halogens is 3. The lowest BCUT2D eigenvalue weighted by atomic mass is 10.1. The molecule has 0 saturated heterocycles. The second kappa shape index (κ2) is 5.68. The van der Waals surface area contributed by atoms with Gasteiger partial charge in [-0.1, -0.05) is 6.07 Å². The Kier molecular flexibility index (Phi) is 4.15. The van der Waals surface area contributed by atoms with Crippen molar-refractivity contribution in [2.75, 3.05) is 13.2 Å². The summed E-state index contributed by atoms with van der Waals surface area (Å²) in [6.07, 6.45) is -5.28. The summed E-state index contributed by atoms with van der Waals surface area (Å²) in [6.45, 7) is -1.54. The molecule has 0 saturated carbocycles. The summed E-state index contributed by atoms with van der Waals surface area (Å²) in [5.74, 6) is 0. The lowest BCUT2D eigenvalue weighted by Gasteiger charge is -2.12. The van der Waals surface area contributed by atoms with Crippen LogP contribution in [0.1, 0.15) is 18.1 Å². The molecule has 1 unspecified atom stereocenters. The number of H-pyrrole nitrogens is 2. The average molecular weight is 290 g/mol. The number of rotatable bonds is 5. The van der Waals surface area contributed by atoms with E-state index in [-0.39, 0.29) is 18.7 Å². The molecule has 0 aliphatic rings. The van der Waals surface area contributed by atoms with E-state index in [9.17, 15) is 23.1 Å². The van der Waals surface area contributed by atoms with Crippen LogP contribution >= 0.6 is 0 Å². The Labute approximate surface area is 111 Å². The molecule has 110 valence electrons. The van der Waals surface area contributed by atoms with Gasteiger partial charge in [0.25, 0.3) is 0 Å². The maximum absolute atomic E-state index is 11.9. The van der Waals surface area contributed by atoms with Crippen molar-refractivity contribution < 1.29 is 23.0 Å². The van der Waals surface area contributed by atoms with E-state index in [2.05, 4.69) is 14.7 Å². The van der Waals surface area contributed by atoms with Gasteiger partial charge in [-0.2, -0.15) is 13.2 Å². The minimum atomic E-state index is -4.37. The van der Waals surface area contributed by atoms with E-state index in [1.807, 2.05) is 0 Å². The number of hydrogen-bond donors (Lipinski definition) is 3. The van der Waals surface area contributed by atoms with Gasteiger partial charge in [-0.05, 0) is 17.7 Å². The summed E-state index contributed by atoms with van der Waals surface area (Å²) in [4.78, 5) is 16.2. The van der Waals surface area contributed by atoms with Crippen molar-refractivity contribution in [1.29, 1.82) is 0 Å². The van der Waals surface area contributed by atoms with Gasteiger partial charge in [0.05, 0.1) is 17.1 Å². The summed E-state index contributed by atoms with van der Waals surface area (Å²) in [5.41, 5.74) is 1.27. The SMILES string of the molecule is O=c1[nH]c2ccc(C(O)CCOCC(F)(F)F)cc2[nH]1. The van der Waals surface area contributed by atoms with Crippen molar-refractivity contribution in [2.45, 2.75) is 18.7 Å². The van der Waals surface area contributed by atoms with E-state index in [4.69, 9.17) is 0 Å². The number of aromatic amines is 2. The Hall–Kier alpha value is -1.80. The van der Waals surface area contributed by atoms with Gasteiger partial charge in [0.15, 0.2) is 0 Å². The standard InChI is InChI=1S/C12H13F3N2O3/c13-12(14,15)6-20-4-3-10(18)7-1-2-8-9(5-7)17-11(19)16-8/h1-2,5,10,18H,3-4,6H2,(H2,16,17,19). The third-order valence-corrected chi connectivity index (χ3v) is 2.73. The van der Waals surface area contributed by atoms with Gasteiger partial charge in [0.1, 0.15) is 6.61 Å². The van der Waals surface area contributed by atoms with E-state index in [0.29, 0.717) is 16.6 Å². The summed E-state index contributed by atoms with van der Waals surface area (Å²) < 4.78 is 40.0. The summed E-state index contributed by atoms with van der Waals surface area (Å²) >= 11 is 0. The molecule has 1 aromatic carbocycles. The fraction of sp³-hybridized carbons (Fsp3) is 0.417. The van der Waals surface area contributed by atoms with E-state index >= 15 is 0 Å². The van der Waals surface area contributed by atoms with Gasteiger partial charge in [-0.25, -0.2) is 4.79 Å². The number of imidazole rings is 1. The molecule has 1 heterocycles. The van der Waals surface area contributed by atoms with Crippen LogP contribution in [0, 0.1) is 0 Å². The van der Waals surface area contributed by atoms with Gasteiger partial charge >= 0.3 is 11.9 Å². The number of benzene rings is 1. The van der Waals surface area contributed by atoms with Crippen molar-refractivity contribution >= 4 is 11.0 Å². The fourth-order valence-electron chi connectivity index (χ4n) is 1.81. The normalized spacial score (nSPS) is 13.8. The molecule has 2 aromatic rings. The number of ether oxygens (including phenoxy) is 1. The largest absolute Gasteiger partial charge is 0.411 e. The van der Waals surface area contributed by atoms with Crippen LogP contribution in [0.2, 0.25) is 0 Å². The monoisotopic (exact) mass is 290 g/mol. The van der Waals surface area contributed by atoms with Crippen molar-refractivity contribution in [3.05, 3.63) is 34.2 Å². The first-order valence-electron chi connectivity index (χ1n) is 5.90. The molecule has 2 rings (SSSR count). The average Bonchev–Trinajstić information content (AvgIpc) is 2.72. The maximum atomic E-state index is 11.9. The Morgan fingerprint density at radius 2 is 1.95 bits per heavy atom. The van der Waals surface area contributed by atoms with E-state index in [1.165, 1.54) is 0 Å². The number of aromatic nitrogens is 2. The Morgan fingerprint density at radius 1 is 1.25 bits per heavy atom. The number of hydrogen-bond acceptors (Lipinski definition) is 3. The topological polar surface area (TPSA) is 78.1 Å². The van der Waals surface area contributed by atoms with Crippen molar-refractivity contribution in [3.63, 3.8) is 0 Å². The first-order chi connectivity index (χ1) is 9.35. The molecule has 0 aliphatic heterocycles. The van der Waals surface area contributed by atoms with Gasteiger partial charge in [-0.15, -0.1) is 0 Å². The molecule has 8 heteroatoms. The zero-order chi connectivity index (χ0) is 14.8. The summed E-state index contributed by atoms with van der Waals surface area (Å²) in [6, 6.07) is 4.78. The lowest BCUT2D eigenvalue weighted by Crippen LogP contribution is -2.18.